The molecule has 0 aromatic heterocycles. The van der Waals surface area contributed by atoms with E-state index in [1.54, 1.807) is 36.4 Å². The number of ether oxygens (including phenoxy) is 1. The lowest BCUT2D eigenvalue weighted by Crippen LogP contribution is -2.13. The number of phenolic OH excluding ortho intramolecular Hbond substituents is 1. The SMILES string of the molecule is CCOS(C)(CCCOc1ccc(C(=O)c2ccccc2)c(O)c1)OCC. The van der Waals surface area contributed by atoms with Gasteiger partial charge in [-0.25, -0.2) is 0 Å². The van der Waals surface area contributed by atoms with Crippen molar-refractivity contribution in [2.24, 2.45) is 0 Å². The minimum atomic E-state index is -1.52. The van der Waals surface area contributed by atoms with Gasteiger partial charge in [0.05, 0.1) is 25.4 Å². The molecule has 0 fully saturated rings. The van der Waals surface area contributed by atoms with Crippen LogP contribution >= 0.6 is 10.6 Å². The van der Waals surface area contributed by atoms with Crippen LogP contribution in [0.2, 0.25) is 0 Å². The second kappa shape index (κ2) is 10.3. The van der Waals surface area contributed by atoms with Crippen molar-refractivity contribution in [2.45, 2.75) is 20.3 Å². The molecule has 0 heterocycles. The van der Waals surface area contributed by atoms with Gasteiger partial charge < -0.3 is 9.84 Å². The lowest BCUT2D eigenvalue weighted by Gasteiger charge is -2.38. The maximum Gasteiger partial charge on any atom is 0.196 e. The Hall–Kier alpha value is -2.02. The molecule has 0 spiro atoms. The summed E-state index contributed by atoms with van der Waals surface area (Å²) in [7, 11) is -1.52. The van der Waals surface area contributed by atoms with Gasteiger partial charge in [0, 0.05) is 23.6 Å². The molecule has 0 radical (unpaired) electrons. The van der Waals surface area contributed by atoms with E-state index in [0.717, 1.165) is 12.2 Å². The number of carbonyl (C=O) groups is 1. The molecule has 5 nitrogen and oxygen atoms in total. The number of hydrogen-bond donors (Lipinski definition) is 1. The fraction of sp³-hybridized carbons (Fsp3) is 0.381. The van der Waals surface area contributed by atoms with Crippen molar-refractivity contribution < 1.29 is 23.0 Å². The molecule has 0 saturated heterocycles. The molecule has 6 heteroatoms. The first kappa shape index (κ1) is 21.3. The summed E-state index contributed by atoms with van der Waals surface area (Å²) in [6.45, 7) is 5.65. The molecule has 2 aromatic rings. The summed E-state index contributed by atoms with van der Waals surface area (Å²) in [5.41, 5.74) is 0.800. The minimum absolute atomic E-state index is 0.0829. The Bertz CT molecular complexity index is 727. The Morgan fingerprint density at radius 3 is 2.30 bits per heavy atom. The lowest BCUT2D eigenvalue weighted by molar-refractivity contribution is 0.103. The highest BCUT2D eigenvalue weighted by Crippen LogP contribution is 2.46. The summed E-state index contributed by atoms with van der Waals surface area (Å²) in [6.07, 6.45) is 2.78. The van der Waals surface area contributed by atoms with Crippen LogP contribution in [0.5, 0.6) is 11.5 Å². The number of benzene rings is 2. The Morgan fingerprint density at radius 1 is 1.04 bits per heavy atom. The van der Waals surface area contributed by atoms with Crippen LogP contribution in [-0.2, 0) is 8.37 Å². The van der Waals surface area contributed by atoms with Gasteiger partial charge in [0.25, 0.3) is 0 Å². The number of ketones is 1. The zero-order valence-corrected chi connectivity index (χ0v) is 17.0. The van der Waals surface area contributed by atoms with Crippen LogP contribution in [0.25, 0.3) is 0 Å². The van der Waals surface area contributed by atoms with Crippen molar-refractivity contribution in [2.75, 3.05) is 31.8 Å². The van der Waals surface area contributed by atoms with E-state index in [1.807, 2.05) is 26.2 Å². The molecule has 1 N–H and O–H groups in total. The molecule has 27 heavy (non-hydrogen) atoms. The Kier molecular flexibility index (Phi) is 8.16. The van der Waals surface area contributed by atoms with Crippen molar-refractivity contribution in [1.82, 2.24) is 0 Å². The van der Waals surface area contributed by atoms with Gasteiger partial charge in [-0.05, 0) is 32.4 Å². The number of phenols is 1. The first-order valence-electron chi connectivity index (χ1n) is 9.09. The Morgan fingerprint density at radius 2 is 1.70 bits per heavy atom. The van der Waals surface area contributed by atoms with Gasteiger partial charge in [-0.2, -0.15) is 10.6 Å². The van der Waals surface area contributed by atoms with Crippen LogP contribution in [0.15, 0.2) is 48.5 Å². The van der Waals surface area contributed by atoms with Gasteiger partial charge in [-0.1, -0.05) is 30.3 Å². The molecule has 0 amide bonds. The summed E-state index contributed by atoms with van der Waals surface area (Å²) < 4.78 is 17.2. The van der Waals surface area contributed by atoms with Gasteiger partial charge in [0.2, 0.25) is 0 Å². The first-order chi connectivity index (χ1) is 13.0. The fourth-order valence-electron chi connectivity index (χ4n) is 2.70. The molecular weight excluding hydrogens is 364 g/mol. The van der Waals surface area contributed by atoms with Crippen molar-refractivity contribution in [3.8, 4) is 11.5 Å². The lowest BCUT2D eigenvalue weighted by atomic mass is 10.0. The number of hydrogen-bond acceptors (Lipinski definition) is 5. The molecule has 2 rings (SSSR count). The number of rotatable bonds is 11. The monoisotopic (exact) mass is 392 g/mol. The average molecular weight is 393 g/mol. The Balaban J connectivity index is 1.91. The summed E-state index contributed by atoms with van der Waals surface area (Å²) in [5.74, 6) is 1.01. The predicted octanol–water partition coefficient (Wildman–Crippen LogP) is 4.73. The van der Waals surface area contributed by atoms with Gasteiger partial charge in [0.1, 0.15) is 11.5 Å². The molecule has 0 aliphatic carbocycles. The molecule has 0 saturated carbocycles. The summed E-state index contributed by atoms with van der Waals surface area (Å²) in [4.78, 5) is 12.4. The summed E-state index contributed by atoms with van der Waals surface area (Å²) in [5, 5.41) is 10.2. The average Bonchev–Trinajstić information content (AvgIpc) is 2.66. The van der Waals surface area contributed by atoms with E-state index in [1.165, 1.54) is 6.07 Å². The molecule has 0 unspecified atom stereocenters. The maximum absolute atomic E-state index is 12.4. The standard InChI is InChI=1S/C21H28O5S/c1-4-25-27(3,26-5-2)15-9-14-24-18-12-13-19(20(22)16-18)21(23)17-10-7-6-8-11-17/h6-8,10-13,16,22H,4-5,9,14-15H2,1-3H3. The van der Waals surface area contributed by atoms with E-state index >= 15 is 0 Å². The molecule has 0 aliphatic rings. The number of aromatic hydroxyl groups is 1. The fourth-order valence-corrected chi connectivity index (χ4v) is 4.64. The van der Waals surface area contributed by atoms with Crippen LogP contribution in [0.1, 0.15) is 36.2 Å². The second-order valence-electron chi connectivity index (χ2n) is 6.02. The highest BCUT2D eigenvalue weighted by Gasteiger charge is 2.15. The third-order valence-corrected chi connectivity index (χ3v) is 6.41. The zero-order chi connectivity index (χ0) is 19.7. The van der Waals surface area contributed by atoms with Crippen LogP contribution in [0, 0.1) is 0 Å². The van der Waals surface area contributed by atoms with Gasteiger partial charge >= 0.3 is 0 Å². The normalized spacial score (nSPS) is 12.0. The van der Waals surface area contributed by atoms with E-state index in [4.69, 9.17) is 13.1 Å². The van der Waals surface area contributed by atoms with Gasteiger partial charge in [0.15, 0.2) is 5.78 Å². The van der Waals surface area contributed by atoms with E-state index in [-0.39, 0.29) is 17.1 Å². The maximum atomic E-state index is 12.4. The van der Waals surface area contributed by atoms with Crippen molar-refractivity contribution in [1.29, 1.82) is 0 Å². The molecular formula is C21H28O5S. The molecule has 0 aliphatic heterocycles. The largest absolute Gasteiger partial charge is 0.507 e. The van der Waals surface area contributed by atoms with Crippen LogP contribution in [-0.4, -0.2) is 42.7 Å². The minimum Gasteiger partial charge on any atom is -0.507 e. The summed E-state index contributed by atoms with van der Waals surface area (Å²) in [6, 6.07) is 13.7. The van der Waals surface area contributed by atoms with Gasteiger partial charge in [-0.3, -0.25) is 13.2 Å². The molecule has 148 valence electrons. The topological polar surface area (TPSA) is 65.0 Å². The van der Waals surface area contributed by atoms with Crippen LogP contribution in [0.3, 0.4) is 0 Å². The van der Waals surface area contributed by atoms with E-state index in [9.17, 15) is 9.90 Å². The molecule has 0 atom stereocenters. The van der Waals surface area contributed by atoms with Crippen LogP contribution in [0.4, 0.5) is 0 Å². The highest BCUT2D eigenvalue weighted by atomic mass is 32.3. The second-order valence-corrected chi connectivity index (χ2v) is 8.75. The zero-order valence-electron chi connectivity index (χ0n) is 16.1. The van der Waals surface area contributed by atoms with Gasteiger partial charge in [-0.15, -0.1) is 0 Å². The highest BCUT2D eigenvalue weighted by molar-refractivity contribution is 8.25. The third-order valence-electron chi connectivity index (χ3n) is 3.91. The van der Waals surface area contributed by atoms with E-state index < -0.39 is 10.6 Å². The Labute approximate surface area is 163 Å². The van der Waals surface area contributed by atoms with Crippen molar-refractivity contribution in [3.63, 3.8) is 0 Å². The molecule has 2 aromatic carbocycles. The molecule has 0 bridgehead atoms. The smallest absolute Gasteiger partial charge is 0.196 e. The van der Waals surface area contributed by atoms with Crippen LogP contribution < -0.4 is 4.74 Å². The van der Waals surface area contributed by atoms with Crippen molar-refractivity contribution >= 4 is 16.4 Å². The third kappa shape index (κ3) is 6.27. The number of carbonyl (C=O) groups excluding carboxylic acids is 1. The predicted molar refractivity (Wildman–Crippen MR) is 110 cm³/mol. The van der Waals surface area contributed by atoms with E-state index in [0.29, 0.717) is 31.1 Å². The van der Waals surface area contributed by atoms with Crippen molar-refractivity contribution in [3.05, 3.63) is 59.7 Å². The van der Waals surface area contributed by atoms with E-state index in [2.05, 4.69) is 0 Å². The quantitative estimate of drug-likeness (QED) is 0.442. The first-order valence-corrected chi connectivity index (χ1v) is 11.2. The summed E-state index contributed by atoms with van der Waals surface area (Å²) >= 11 is 0.